The monoisotopic (exact) mass is 312 g/mol. The van der Waals surface area contributed by atoms with Crippen molar-refractivity contribution in [1.82, 2.24) is 9.80 Å². The highest BCUT2D eigenvalue weighted by atomic mass is 32.3. The van der Waals surface area contributed by atoms with E-state index in [4.69, 9.17) is 9.29 Å². The fourth-order valence-corrected chi connectivity index (χ4v) is 1.74. The van der Waals surface area contributed by atoms with Gasteiger partial charge in [-0.05, 0) is 20.5 Å². The molecular weight excluding hydrogens is 288 g/mol. The van der Waals surface area contributed by atoms with Gasteiger partial charge in [0.1, 0.15) is 6.61 Å². The van der Waals surface area contributed by atoms with Crippen molar-refractivity contribution >= 4 is 16.4 Å². The minimum Gasteiger partial charge on any atom is -0.465 e. The Morgan fingerprint density at radius 1 is 1.05 bits per heavy atom. The molecule has 0 atom stereocenters. The van der Waals surface area contributed by atoms with Gasteiger partial charge >= 0.3 is 16.4 Å². The molecule has 0 saturated carbocycles. The maximum Gasteiger partial charge on any atom is 0.397 e. The van der Waals surface area contributed by atoms with E-state index in [1.165, 1.54) is 6.92 Å². The highest BCUT2D eigenvalue weighted by Crippen LogP contribution is 1.93. The zero-order valence-electron chi connectivity index (χ0n) is 12.2. The van der Waals surface area contributed by atoms with Gasteiger partial charge < -0.3 is 14.5 Å². The quantitative estimate of drug-likeness (QED) is 0.313. The molecule has 0 aromatic rings. The van der Waals surface area contributed by atoms with E-state index < -0.39 is 10.4 Å². The van der Waals surface area contributed by atoms with Gasteiger partial charge in [0.15, 0.2) is 0 Å². The zero-order chi connectivity index (χ0) is 15.6. The third kappa shape index (κ3) is 13.7. The average molecular weight is 312 g/mol. The molecule has 1 N–H and O–H groups in total. The molecule has 0 aliphatic heterocycles. The molecule has 120 valence electrons. The van der Waals surface area contributed by atoms with Crippen LogP contribution in [-0.4, -0.2) is 82.2 Å². The van der Waals surface area contributed by atoms with Crippen LogP contribution in [0.3, 0.4) is 0 Å². The van der Waals surface area contributed by atoms with Crippen molar-refractivity contribution in [2.75, 3.05) is 53.5 Å². The summed E-state index contributed by atoms with van der Waals surface area (Å²) >= 11 is 0. The van der Waals surface area contributed by atoms with Crippen molar-refractivity contribution in [2.45, 2.75) is 13.3 Å². The van der Waals surface area contributed by atoms with Crippen molar-refractivity contribution in [3.63, 3.8) is 0 Å². The summed E-state index contributed by atoms with van der Waals surface area (Å²) in [5.41, 5.74) is 0. The first-order valence-electron chi connectivity index (χ1n) is 6.33. The molecule has 0 bridgehead atoms. The molecule has 0 rings (SSSR count). The second-order valence-corrected chi connectivity index (χ2v) is 5.64. The number of likely N-dealkylation sites (N-methyl/N-ethyl adjacent to an activating group) is 2. The fraction of sp³-hybridized carbons (Fsp3) is 0.909. The number of carbonyl (C=O) groups is 1. The van der Waals surface area contributed by atoms with Crippen LogP contribution in [0.25, 0.3) is 0 Å². The lowest BCUT2D eigenvalue weighted by Gasteiger charge is -2.21. The highest BCUT2D eigenvalue weighted by molar-refractivity contribution is 7.80. The van der Waals surface area contributed by atoms with Crippen molar-refractivity contribution in [3.05, 3.63) is 0 Å². The molecular formula is C11H24N2O6S. The number of hydrogen-bond acceptors (Lipinski definition) is 7. The average Bonchev–Trinajstić information content (AvgIpc) is 2.30. The third-order valence-electron chi connectivity index (χ3n) is 2.56. The van der Waals surface area contributed by atoms with Crippen LogP contribution < -0.4 is 0 Å². The van der Waals surface area contributed by atoms with Crippen LogP contribution in [0.15, 0.2) is 0 Å². The van der Waals surface area contributed by atoms with Crippen LogP contribution in [-0.2, 0) is 24.1 Å². The van der Waals surface area contributed by atoms with E-state index in [1.54, 1.807) is 0 Å². The number of esters is 1. The van der Waals surface area contributed by atoms with Crippen LogP contribution >= 0.6 is 0 Å². The van der Waals surface area contributed by atoms with E-state index in [1.807, 2.05) is 23.9 Å². The lowest BCUT2D eigenvalue weighted by molar-refractivity contribution is -0.141. The second-order valence-electron chi connectivity index (χ2n) is 4.55. The van der Waals surface area contributed by atoms with Crippen molar-refractivity contribution in [2.24, 2.45) is 0 Å². The first-order chi connectivity index (χ1) is 9.20. The molecule has 0 radical (unpaired) electrons. The summed E-state index contributed by atoms with van der Waals surface area (Å²) in [6.45, 7) is 4.64. The number of carbonyl (C=O) groups excluding carboxylic acids is 1. The van der Waals surface area contributed by atoms with E-state index in [9.17, 15) is 13.2 Å². The van der Waals surface area contributed by atoms with Crippen LogP contribution in [0.2, 0.25) is 0 Å². The molecule has 0 spiro atoms. The second kappa shape index (κ2) is 10.1. The van der Waals surface area contributed by atoms with Gasteiger partial charge in [0.05, 0.1) is 6.61 Å². The molecule has 0 fully saturated rings. The molecule has 0 aromatic heterocycles. The Morgan fingerprint density at radius 3 is 2.10 bits per heavy atom. The van der Waals surface area contributed by atoms with E-state index in [2.05, 4.69) is 4.18 Å². The van der Waals surface area contributed by atoms with Crippen LogP contribution in [0.5, 0.6) is 0 Å². The van der Waals surface area contributed by atoms with Crippen LogP contribution in [0.1, 0.15) is 13.3 Å². The lowest BCUT2D eigenvalue weighted by atomic mass is 10.4. The van der Waals surface area contributed by atoms with E-state index >= 15 is 0 Å². The van der Waals surface area contributed by atoms with Crippen LogP contribution in [0, 0.1) is 0 Å². The van der Waals surface area contributed by atoms with Gasteiger partial charge in [0, 0.05) is 33.1 Å². The molecule has 0 aliphatic rings. The summed E-state index contributed by atoms with van der Waals surface area (Å²) in [6.07, 6.45) is 0.507. The van der Waals surface area contributed by atoms with Crippen LogP contribution in [0.4, 0.5) is 0 Å². The molecule has 8 nitrogen and oxygen atoms in total. The summed E-state index contributed by atoms with van der Waals surface area (Å²) in [6, 6.07) is 0. The summed E-state index contributed by atoms with van der Waals surface area (Å²) in [5, 5.41) is 0. The summed E-state index contributed by atoms with van der Waals surface area (Å²) < 4.78 is 38.1. The Hall–Kier alpha value is -0.740. The van der Waals surface area contributed by atoms with Gasteiger partial charge in [-0.25, -0.2) is 4.18 Å². The van der Waals surface area contributed by atoms with E-state index in [-0.39, 0.29) is 12.6 Å². The standard InChI is InChI=1S/C11H24N2O6S/c1-11(14)18-10-8-13(3)7-6-12(2)5-4-9-19-20(15,16)17/h4-10H2,1-3H3,(H,15,16,17). The molecule has 0 heterocycles. The minimum absolute atomic E-state index is 0.0362. The smallest absolute Gasteiger partial charge is 0.397 e. The Bertz CT molecular complexity index is 373. The topological polar surface area (TPSA) is 96.4 Å². The number of rotatable bonds is 11. The van der Waals surface area contributed by atoms with Gasteiger partial charge in [-0.15, -0.1) is 0 Å². The van der Waals surface area contributed by atoms with Gasteiger partial charge in [-0.3, -0.25) is 9.35 Å². The molecule has 0 amide bonds. The number of ether oxygens (including phenoxy) is 1. The SMILES string of the molecule is CC(=O)OCCN(C)CCN(C)CCCOS(=O)(=O)O. The Morgan fingerprint density at radius 2 is 1.60 bits per heavy atom. The maximum absolute atomic E-state index is 10.6. The van der Waals surface area contributed by atoms with Gasteiger partial charge in [-0.2, -0.15) is 8.42 Å². The normalized spacial score (nSPS) is 12.1. The van der Waals surface area contributed by atoms with Gasteiger partial charge in [0.25, 0.3) is 0 Å². The molecule has 0 saturated heterocycles. The molecule has 0 aliphatic carbocycles. The van der Waals surface area contributed by atoms with Gasteiger partial charge in [0.2, 0.25) is 0 Å². The summed E-state index contributed by atoms with van der Waals surface area (Å²) in [4.78, 5) is 14.6. The fourth-order valence-electron chi connectivity index (χ4n) is 1.41. The zero-order valence-corrected chi connectivity index (χ0v) is 13.1. The first-order valence-corrected chi connectivity index (χ1v) is 7.69. The minimum atomic E-state index is -4.33. The molecule has 0 aromatic carbocycles. The Kier molecular flexibility index (Phi) is 9.68. The van der Waals surface area contributed by atoms with E-state index in [0.29, 0.717) is 26.1 Å². The van der Waals surface area contributed by atoms with Crippen molar-refractivity contribution < 1.29 is 26.7 Å². The Labute approximate surface area is 120 Å². The molecule has 0 unspecified atom stereocenters. The summed E-state index contributed by atoms with van der Waals surface area (Å²) in [7, 11) is -0.494. The first kappa shape index (κ1) is 19.3. The third-order valence-corrected chi connectivity index (χ3v) is 3.02. The maximum atomic E-state index is 10.6. The molecule has 20 heavy (non-hydrogen) atoms. The highest BCUT2D eigenvalue weighted by Gasteiger charge is 2.06. The Balaban J connectivity index is 3.56. The predicted octanol–water partition coefficient (Wildman–Crippen LogP) is -0.377. The predicted molar refractivity (Wildman–Crippen MR) is 73.7 cm³/mol. The number of nitrogens with zero attached hydrogens (tertiary/aromatic N) is 2. The molecule has 9 heteroatoms. The lowest BCUT2D eigenvalue weighted by Crippen LogP contribution is -2.33. The van der Waals surface area contributed by atoms with Gasteiger partial charge in [-0.1, -0.05) is 0 Å². The van der Waals surface area contributed by atoms with E-state index in [0.717, 1.165) is 13.1 Å². The summed E-state index contributed by atoms with van der Waals surface area (Å²) in [5.74, 6) is -0.283. The van der Waals surface area contributed by atoms with Crippen molar-refractivity contribution in [3.8, 4) is 0 Å². The number of hydrogen-bond donors (Lipinski definition) is 1. The largest absolute Gasteiger partial charge is 0.465 e. The van der Waals surface area contributed by atoms with Crippen molar-refractivity contribution in [1.29, 1.82) is 0 Å².